The Balaban J connectivity index is 2.08. The summed E-state index contributed by atoms with van der Waals surface area (Å²) in [5.74, 6) is 0.0153. The summed E-state index contributed by atoms with van der Waals surface area (Å²) in [5.41, 5.74) is 8.17. The molecular formula is C15H23N3O. The number of nitrogens with two attached hydrogens (primary N) is 1. The molecule has 1 unspecified atom stereocenters. The first-order valence-corrected chi connectivity index (χ1v) is 6.81. The van der Waals surface area contributed by atoms with Gasteiger partial charge in [0.05, 0.1) is 5.56 Å². The third-order valence-electron chi connectivity index (χ3n) is 4.06. The summed E-state index contributed by atoms with van der Waals surface area (Å²) in [4.78, 5) is 16.6. The number of hydrogen-bond donors (Lipinski definition) is 1. The van der Waals surface area contributed by atoms with E-state index in [0.29, 0.717) is 17.3 Å². The van der Waals surface area contributed by atoms with Crippen molar-refractivity contribution in [1.29, 1.82) is 0 Å². The van der Waals surface area contributed by atoms with Gasteiger partial charge < -0.3 is 15.5 Å². The van der Waals surface area contributed by atoms with Crippen molar-refractivity contribution >= 4 is 11.6 Å². The standard InChI is InChI=1S/C15H23N3O/c1-11-6-4-8-13(14(11)16)15(19)18(3)10-12-7-5-9-17(12)2/h4,6,8,12H,5,7,9-10,16H2,1-3H3. The quantitative estimate of drug-likeness (QED) is 0.843. The van der Waals surface area contributed by atoms with Gasteiger partial charge in [-0.05, 0) is 45.0 Å². The summed E-state index contributed by atoms with van der Waals surface area (Å²) in [6.07, 6.45) is 2.38. The molecule has 2 N–H and O–H groups in total. The highest BCUT2D eigenvalue weighted by molar-refractivity contribution is 5.99. The van der Waals surface area contributed by atoms with Gasteiger partial charge in [-0.1, -0.05) is 12.1 Å². The van der Waals surface area contributed by atoms with E-state index in [-0.39, 0.29) is 5.91 Å². The molecule has 4 nitrogen and oxygen atoms in total. The van der Waals surface area contributed by atoms with Crippen LogP contribution in [0.2, 0.25) is 0 Å². The Kier molecular flexibility index (Phi) is 4.10. The average Bonchev–Trinajstić information content (AvgIpc) is 2.77. The number of anilines is 1. The molecule has 0 radical (unpaired) electrons. The van der Waals surface area contributed by atoms with Crippen LogP contribution in [0.4, 0.5) is 5.69 Å². The number of nitrogens with zero attached hydrogens (tertiary/aromatic N) is 2. The van der Waals surface area contributed by atoms with Crippen molar-refractivity contribution in [2.75, 3.05) is 32.9 Å². The van der Waals surface area contributed by atoms with E-state index in [1.54, 1.807) is 11.0 Å². The molecule has 1 fully saturated rings. The molecule has 0 saturated carbocycles. The summed E-state index contributed by atoms with van der Waals surface area (Å²) in [5, 5.41) is 0. The number of likely N-dealkylation sites (tertiary alicyclic amines) is 1. The number of para-hydroxylation sites is 1. The van der Waals surface area contributed by atoms with Crippen LogP contribution in [0, 0.1) is 6.92 Å². The fraction of sp³-hybridized carbons (Fsp3) is 0.533. The van der Waals surface area contributed by atoms with E-state index in [1.165, 1.54) is 6.42 Å². The van der Waals surface area contributed by atoms with E-state index in [0.717, 1.165) is 25.1 Å². The van der Waals surface area contributed by atoms with E-state index in [4.69, 9.17) is 5.73 Å². The molecule has 0 aliphatic carbocycles. The zero-order valence-corrected chi connectivity index (χ0v) is 12.0. The van der Waals surface area contributed by atoms with Crippen molar-refractivity contribution < 1.29 is 4.79 Å². The van der Waals surface area contributed by atoms with Crippen LogP contribution in [-0.2, 0) is 0 Å². The molecule has 0 bridgehead atoms. The van der Waals surface area contributed by atoms with Gasteiger partial charge in [-0.15, -0.1) is 0 Å². The summed E-state index contributed by atoms with van der Waals surface area (Å²) in [6.45, 7) is 3.82. The molecule has 19 heavy (non-hydrogen) atoms. The van der Waals surface area contributed by atoms with Gasteiger partial charge >= 0.3 is 0 Å². The lowest BCUT2D eigenvalue weighted by Gasteiger charge is -2.26. The lowest BCUT2D eigenvalue weighted by molar-refractivity contribution is 0.0762. The van der Waals surface area contributed by atoms with E-state index >= 15 is 0 Å². The van der Waals surface area contributed by atoms with Crippen molar-refractivity contribution in [1.82, 2.24) is 9.80 Å². The highest BCUT2D eigenvalue weighted by Crippen LogP contribution is 2.20. The predicted molar refractivity (Wildman–Crippen MR) is 78.2 cm³/mol. The molecule has 1 heterocycles. The molecule has 1 amide bonds. The summed E-state index contributed by atoms with van der Waals surface area (Å²) >= 11 is 0. The first kappa shape index (κ1) is 13.9. The Labute approximate surface area is 115 Å². The minimum Gasteiger partial charge on any atom is -0.398 e. The fourth-order valence-electron chi connectivity index (χ4n) is 2.68. The zero-order chi connectivity index (χ0) is 14.0. The number of carbonyl (C=O) groups is 1. The molecule has 2 rings (SSSR count). The number of benzene rings is 1. The molecular weight excluding hydrogens is 238 g/mol. The average molecular weight is 261 g/mol. The number of likely N-dealkylation sites (N-methyl/N-ethyl adjacent to an activating group) is 2. The van der Waals surface area contributed by atoms with E-state index in [2.05, 4.69) is 11.9 Å². The molecule has 1 aromatic carbocycles. The molecule has 4 heteroatoms. The molecule has 1 saturated heterocycles. The lowest BCUT2D eigenvalue weighted by atomic mass is 10.1. The Morgan fingerprint density at radius 1 is 1.53 bits per heavy atom. The number of carbonyl (C=O) groups excluding carboxylic acids is 1. The first-order valence-electron chi connectivity index (χ1n) is 6.81. The number of amides is 1. The van der Waals surface area contributed by atoms with Crippen molar-refractivity contribution in [2.24, 2.45) is 0 Å². The second-order valence-corrected chi connectivity index (χ2v) is 5.50. The van der Waals surface area contributed by atoms with Gasteiger partial charge in [0.25, 0.3) is 5.91 Å². The van der Waals surface area contributed by atoms with E-state index < -0.39 is 0 Å². The van der Waals surface area contributed by atoms with Crippen LogP contribution in [-0.4, -0.2) is 48.9 Å². The van der Waals surface area contributed by atoms with E-state index in [9.17, 15) is 4.79 Å². The summed E-state index contributed by atoms with van der Waals surface area (Å²) < 4.78 is 0. The monoisotopic (exact) mass is 261 g/mol. The zero-order valence-electron chi connectivity index (χ0n) is 12.0. The van der Waals surface area contributed by atoms with Crippen molar-refractivity contribution in [2.45, 2.75) is 25.8 Å². The number of aryl methyl sites for hydroxylation is 1. The van der Waals surface area contributed by atoms with Gasteiger partial charge in [0.15, 0.2) is 0 Å². The van der Waals surface area contributed by atoms with Crippen molar-refractivity contribution in [3.05, 3.63) is 29.3 Å². The maximum atomic E-state index is 12.4. The highest BCUT2D eigenvalue weighted by Gasteiger charge is 2.25. The smallest absolute Gasteiger partial charge is 0.255 e. The van der Waals surface area contributed by atoms with Crippen LogP contribution in [0.1, 0.15) is 28.8 Å². The topological polar surface area (TPSA) is 49.6 Å². The van der Waals surface area contributed by atoms with Crippen molar-refractivity contribution in [3.63, 3.8) is 0 Å². The summed E-state index contributed by atoms with van der Waals surface area (Å²) in [7, 11) is 3.98. The van der Waals surface area contributed by atoms with Crippen LogP contribution < -0.4 is 5.73 Å². The van der Waals surface area contributed by atoms with Gasteiger partial charge in [-0.2, -0.15) is 0 Å². The van der Waals surface area contributed by atoms with Crippen LogP contribution in [0.25, 0.3) is 0 Å². The van der Waals surface area contributed by atoms with Crippen LogP contribution in [0.5, 0.6) is 0 Å². The molecule has 0 spiro atoms. The lowest BCUT2D eigenvalue weighted by Crippen LogP contribution is -2.39. The van der Waals surface area contributed by atoms with Gasteiger partial charge in [0, 0.05) is 25.3 Å². The van der Waals surface area contributed by atoms with Gasteiger partial charge in [0.2, 0.25) is 0 Å². The minimum atomic E-state index is 0.0153. The molecule has 0 aromatic heterocycles. The van der Waals surface area contributed by atoms with Crippen LogP contribution in [0.3, 0.4) is 0 Å². The number of hydrogen-bond acceptors (Lipinski definition) is 3. The number of nitrogen functional groups attached to an aromatic ring is 1. The largest absolute Gasteiger partial charge is 0.398 e. The third kappa shape index (κ3) is 2.89. The first-order chi connectivity index (χ1) is 9.00. The van der Waals surface area contributed by atoms with Crippen LogP contribution >= 0.6 is 0 Å². The molecule has 1 aromatic rings. The second kappa shape index (κ2) is 5.61. The maximum absolute atomic E-state index is 12.4. The van der Waals surface area contributed by atoms with Crippen molar-refractivity contribution in [3.8, 4) is 0 Å². The molecule has 1 aliphatic rings. The third-order valence-corrected chi connectivity index (χ3v) is 4.06. The predicted octanol–water partition coefficient (Wildman–Crippen LogP) is 1.74. The number of rotatable bonds is 3. The van der Waals surface area contributed by atoms with Gasteiger partial charge in [-0.25, -0.2) is 0 Å². The van der Waals surface area contributed by atoms with E-state index in [1.807, 2.05) is 26.1 Å². The van der Waals surface area contributed by atoms with Gasteiger partial charge in [0.1, 0.15) is 0 Å². The Morgan fingerprint density at radius 2 is 2.26 bits per heavy atom. The summed E-state index contributed by atoms with van der Waals surface area (Å²) in [6, 6.07) is 6.09. The Hall–Kier alpha value is -1.55. The van der Waals surface area contributed by atoms with Gasteiger partial charge in [-0.3, -0.25) is 4.79 Å². The van der Waals surface area contributed by atoms with Crippen LogP contribution in [0.15, 0.2) is 18.2 Å². The Bertz CT molecular complexity index is 472. The molecule has 1 aliphatic heterocycles. The molecule has 1 atom stereocenters. The normalized spacial score (nSPS) is 19.6. The highest BCUT2D eigenvalue weighted by atomic mass is 16.2. The minimum absolute atomic E-state index is 0.0153. The molecule has 104 valence electrons. The Morgan fingerprint density at radius 3 is 2.89 bits per heavy atom. The fourth-order valence-corrected chi connectivity index (χ4v) is 2.68. The SMILES string of the molecule is Cc1cccc(C(=O)N(C)CC2CCCN2C)c1N. The maximum Gasteiger partial charge on any atom is 0.255 e. The second-order valence-electron chi connectivity index (χ2n) is 5.50.